The molecule has 1 saturated carbocycles. The molecular formula is C12H22N6. The first-order valence-electron chi connectivity index (χ1n) is 6.97. The third-order valence-corrected chi connectivity index (χ3v) is 3.96. The van der Waals surface area contributed by atoms with Gasteiger partial charge in [-0.1, -0.05) is 0 Å². The van der Waals surface area contributed by atoms with Gasteiger partial charge in [0.05, 0.1) is 12.6 Å². The van der Waals surface area contributed by atoms with Crippen LogP contribution in [0, 0.1) is 0 Å². The molecule has 0 bridgehead atoms. The second kappa shape index (κ2) is 4.93. The highest BCUT2D eigenvalue weighted by atomic mass is 15.6. The first-order chi connectivity index (χ1) is 8.74. The number of piperazine rings is 1. The van der Waals surface area contributed by atoms with Gasteiger partial charge in [-0.3, -0.25) is 9.80 Å². The maximum atomic E-state index is 4.17. The topological polar surface area (TPSA) is 50.1 Å². The molecule has 1 aliphatic carbocycles. The van der Waals surface area contributed by atoms with Crippen molar-refractivity contribution in [2.75, 3.05) is 26.2 Å². The Hall–Kier alpha value is -1.01. The van der Waals surface area contributed by atoms with E-state index in [9.17, 15) is 0 Å². The molecule has 100 valence electrons. The molecule has 2 fully saturated rings. The lowest BCUT2D eigenvalue weighted by Crippen LogP contribution is -2.48. The average molecular weight is 250 g/mol. The predicted molar refractivity (Wildman–Crippen MR) is 68.1 cm³/mol. The molecule has 0 amide bonds. The fourth-order valence-corrected chi connectivity index (χ4v) is 2.56. The van der Waals surface area contributed by atoms with E-state index in [-0.39, 0.29) is 0 Å². The molecule has 18 heavy (non-hydrogen) atoms. The molecular weight excluding hydrogens is 228 g/mol. The van der Waals surface area contributed by atoms with Crippen molar-refractivity contribution in [3.63, 3.8) is 0 Å². The molecule has 1 aliphatic heterocycles. The predicted octanol–water partition coefficient (Wildman–Crippen LogP) is 0.534. The Balaban J connectivity index is 1.56. The Morgan fingerprint density at radius 2 is 1.89 bits per heavy atom. The summed E-state index contributed by atoms with van der Waals surface area (Å²) in [5.41, 5.74) is 0. The zero-order chi connectivity index (χ0) is 12.5. The maximum Gasteiger partial charge on any atom is 0.165 e. The van der Waals surface area contributed by atoms with Gasteiger partial charge in [0.15, 0.2) is 5.82 Å². The smallest absolute Gasteiger partial charge is 0.165 e. The van der Waals surface area contributed by atoms with Crippen LogP contribution in [0.3, 0.4) is 0 Å². The second-order valence-corrected chi connectivity index (χ2v) is 5.68. The molecule has 0 atom stereocenters. The fraction of sp³-hybridized carbons (Fsp3) is 0.917. The highest BCUT2D eigenvalue weighted by Gasteiger charge is 2.28. The van der Waals surface area contributed by atoms with Crippen LogP contribution in [0.5, 0.6) is 0 Å². The van der Waals surface area contributed by atoms with Crippen molar-refractivity contribution < 1.29 is 0 Å². The molecule has 6 nitrogen and oxygen atoms in total. The van der Waals surface area contributed by atoms with E-state index in [0.29, 0.717) is 12.1 Å². The molecule has 0 unspecified atom stereocenters. The molecule has 0 radical (unpaired) electrons. The number of hydrogen-bond donors (Lipinski definition) is 0. The normalized spacial score (nSPS) is 22.8. The minimum Gasteiger partial charge on any atom is -0.298 e. The number of aromatic nitrogens is 4. The van der Waals surface area contributed by atoms with Crippen LogP contribution in [0.15, 0.2) is 0 Å². The number of rotatable bonds is 4. The molecule has 0 N–H and O–H groups in total. The lowest BCUT2D eigenvalue weighted by molar-refractivity contribution is 0.101. The minimum atomic E-state index is 0.576. The van der Waals surface area contributed by atoms with Crippen molar-refractivity contribution in [2.45, 2.75) is 45.3 Å². The van der Waals surface area contributed by atoms with Gasteiger partial charge >= 0.3 is 0 Å². The molecule has 1 aromatic heterocycles. The van der Waals surface area contributed by atoms with Crippen LogP contribution in [-0.2, 0) is 6.54 Å². The van der Waals surface area contributed by atoms with Crippen LogP contribution in [0.2, 0.25) is 0 Å². The number of hydrogen-bond acceptors (Lipinski definition) is 5. The molecule has 1 saturated heterocycles. The van der Waals surface area contributed by atoms with Gasteiger partial charge in [-0.2, -0.15) is 0 Å². The summed E-state index contributed by atoms with van der Waals surface area (Å²) in [6.45, 7) is 9.98. The highest BCUT2D eigenvalue weighted by molar-refractivity contribution is 4.91. The Labute approximate surface area is 108 Å². The van der Waals surface area contributed by atoms with E-state index in [1.54, 1.807) is 0 Å². The second-order valence-electron chi connectivity index (χ2n) is 5.68. The maximum absolute atomic E-state index is 4.17. The van der Waals surface area contributed by atoms with Crippen LogP contribution in [0.25, 0.3) is 0 Å². The van der Waals surface area contributed by atoms with Gasteiger partial charge in [-0.05, 0) is 37.1 Å². The summed E-state index contributed by atoms with van der Waals surface area (Å²) in [5.74, 6) is 1.04. The Bertz CT molecular complexity index is 389. The van der Waals surface area contributed by atoms with Crippen molar-refractivity contribution in [3.8, 4) is 0 Å². The SMILES string of the molecule is CC(C)N1CCN(Cc2nnnn2C2CC2)CC1. The van der Waals surface area contributed by atoms with Gasteiger partial charge < -0.3 is 0 Å². The monoisotopic (exact) mass is 250 g/mol. The molecule has 3 rings (SSSR count). The first kappa shape index (κ1) is 12.0. The summed E-state index contributed by atoms with van der Waals surface area (Å²) < 4.78 is 2.02. The van der Waals surface area contributed by atoms with Crippen molar-refractivity contribution >= 4 is 0 Å². The molecule has 2 heterocycles. The van der Waals surface area contributed by atoms with Gasteiger partial charge in [0.1, 0.15) is 0 Å². The molecule has 6 heteroatoms. The summed E-state index contributed by atoms with van der Waals surface area (Å²) in [4.78, 5) is 4.99. The van der Waals surface area contributed by atoms with Gasteiger partial charge in [0.2, 0.25) is 0 Å². The summed E-state index contributed by atoms with van der Waals surface area (Å²) in [7, 11) is 0. The van der Waals surface area contributed by atoms with Crippen LogP contribution >= 0.6 is 0 Å². The summed E-state index contributed by atoms with van der Waals surface area (Å²) >= 11 is 0. The molecule has 2 aliphatic rings. The van der Waals surface area contributed by atoms with Gasteiger partial charge in [0, 0.05) is 32.2 Å². The van der Waals surface area contributed by atoms with Crippen molar-refractivity contribution in [1.82, 2.24) is 30.0 Å². The molecule has 0 spiro atoms. The van der Waals surface area contributed by atoms with Crippen LogP contribution in [0.1, 0.15) is 38.6 Å². The third kappa shape index (κ3) is 2.54. The van der Waals surface area contributed by atoms with E-state index in [2.05, 4.69) is 39.2 Å². The van der Waals surface area contributed by atoms with Crippen LogP contribution in [0.4, 0.5) is 0 Å². The van der Waals surface area contributed by atoms with Gasteiger partial charge in [0.25, 0.3) is 0 Å². The highest BCUT2D eigenvalue weighted by Crippen LogP contribution is 2.34. The zero-order valence-electron chi connectivity index (χ0n) is 11.3. The van der Waals surface area contributed by atoms with E-state index < -0.39 is 0 Å². The van der Waals surface area contributed by atoms with Crippen molar-refractivity contribution in [1.29, 1.82) is 0 Å². The summed E-state index contributed by atoms with van der Waals surface area (Å²) in [5, 5.41) is 12.1. The van der Waals surface area contributed by atoms with E-state index in [1.807, 2.05) is 4.68 Å². The standard InChI is InChI=1S/C12H22N6/c1-10(2)17-7-5-16(6-8-17)9-12-13-14-15-18(12)11-3-4-11/h10-11H,3-9H2,1-2H3. The van der Waals surface area contributed by atoms with E-state index >= 15 is 0 Å². The lowest BCUT2D eigenvalue weighted by atomic mass is 10.2. The van der Waals surface area contributed by atoms with Crippen molar-refractivity contribution in [3.05, 3.63) is 5.82 Å². The Morgan fingerprint density at radius 1 is 1.17 bits per heavy atom. The van der Waals surface area contributed by atoms with Crippen molar-refractivity contribution in [2.24, 2.45) is 0 Å². The molecule has 0 aromatic carbocycles. The van der Waals surface area contributed by atoms with E-state index in [0.717, 1.165) is 38.5 Å². The lowest BCUT2D eigenvalue weighted by Gasteiger charge is -2.36. The quantitative estimate of drug-likeness (QED) is 0.780. The third-order valence-electron chi connectivity index (χ3n) is 3.96. The number of nitrogens with zero attached hydrogens (tertiary/aromatic N) is 6. The van der Waals surface area contributed by atoms with E-state index in [1.165, 1.54) is 12.8 Å². The fourth-order valence-electron chi connectivity index (χ4n) is 2.56. The van der Waals surface area contributed by atoms with Gasteiger partial charge in [-0.25, -0.2) is 4.68 Å². The minimum absolute atomic E-state index is 0.576. The Kier molecular flexibility index (Phi) is 3.30. The average Bonchev–Trinajstić information content (AvgIpc) is 3.11. The first-order valence-corrected chi connectivity index (χ1v) is 6.97. The largest absolute Gasteiger partial charge is 0.298 e. The molecule has 1 aromatic rings. The van der Waals surface area contributed by atoms with Crippen LogP contribution < -0.4 is 0 Å². The van der Waals surface area contributed by atoms with Gasteiger partial charge in [-0.15, -0.1) is 5.10 Å². The Morgan fingerprint density at radius 3 is 2.50 bits per heavy atom. The van der Waals surface area contributed by atoms with E-state index in [4.69, 9.17) is 0 Å². The summed E-state index contributed by atoms with van der Waals surface area (Å²) in [6.07, 6.45) is 2.47. The van der Waals surface area contributed by atoms with Crippen LogP contribution in [-0.4, -0.2) is 62.2 Å². The number of tetrazole rings is 1. The zero-order valence-corrected chi connectivity index (χ0v) is 11.3. The summed E-state index contributed by atoms with van der Waals surface area (Å²) in [6, 6.07) is 1.23.